The van der Waals surface area contributed by atoms with Crippen molar-refractivity contribution in [3.63, 3.8) is 0 Å². The summed E-state index contributed by atoms with van der Waals surface area (Å²) in [7, 11) is 1.55. The van der Waals surface area contributed by atoms with E-state index in [4.69, 9.17) is 9.84 Å². The van der Waals surface area contributed by atoms with Gasteiger partial charge in [0, 0.05) is 23.9 Å². The van der Waals surface area contributed by atoms with Crippen molar-refractivity contribution in [1.82, 2.24) is 0 Å². The summed E-state index contributed by atoms with van der Waals surface area (Å²) in [5, 5.41) is 8.96. The molecule has 1 atom stereocenters. The first kappa shape index (κ1) is 14.3. The average molecular weight is 297 g/mol. The van der Waals surface area contributed by atoms with Crippen molar-refractivity contribution in [2.45, 2.75) is 13.2 Å². The zero-order valence-electron chi connectivity index (χ0n) is 12.2. The Balaban J connectivity index is 2.04. The number of methoxy groups -OCH3 is 1. The summed E-state index contributed by atoms with van der Waals surface area (Å²) in [6.45, 7) is 1.96. The number of hydrogen-bond donors (Lipinski definition) is 1. The normalized spacial score (nSPS) is 16.7. The van der Waals surface area contributed by atoms with Crippen LogP contribution in [0.25, 0.3) is 0 Å². The molecule has 1 aliphatic heterocycles. The molecule has 0 saturated carbocycles. The van der Waals surface area contributed by atoms with Crippen LogP contribution in [0, 0.1) is 6.92 Å². The molecule has 0 saturated heterocycles. The number of nitrogens with zero attached hydrogens (tertiary/aromatic N) is 1. The topological polar surface area (TPSA) is 66.8 Å². The number of carbonyl (C=O) groups excluding carboxylic acids is 1. The van der Waals surface area contributed by atoms with Crippen molar-refractivity contribution in [3.05, 3.63) is 64.7 Å². The van der Waals surface area contributed by atoms with E-state index in [1.165, 1.54) is 17.0 Å². The highest BCUT2D eigenvalue weighted by Crippen LogP contribution is 2.38. The molecule has 0 aromatic heterocycles. The Morgan fingerprint density at radius 2 is 1.86 bits per heavy atom. The number of hydrogen-bond acceptors (Lipinski definition) is 3. The summed E-state index contributed by atoms with van der Waals surface area (Å²) < 4.78 is 5.50. The number of rotatable bonds is 3. The van der Waals surface area contributed by atoms with Crippen LogP contribution >= 0.6 is 0 Å². The van der Waals surface area contributed by atoms with Gasteiger partial charge < -0.3 is 9.84 Å². The molecule has 0 spiro atoms. The van der Waals surface area contributed by atoms with E-state index in [2.05, 4.69) is 0 Å². The van der Waals surface area contributed by atoms with Crippen molar-refractivity contribution in [1.29, 1.82) is 0 Å². The molecule has 5 nitrogen and oxygen atoms in total. The van der Waals surface area contributed by atoms with E-state index < -0.39 is 12.2 Å². The van der Waals surface area contributed by atoms with Gasteiger partial charge in [0.1, 0.15) is 0 Å². The largest absolute Gasteiger partial charge is 0.478 e. The highest BCUT2D eigenvalue weighted by Gasteiger charge is 2.37. The van der Waals surface area contributed by atoms with Crippen molar-refractivity contribution in [3.8, 4) is 0 Å². The summed E-state index contributed by atoms with van der Waals surface area (Å²) in [6.07, 6.45) is -0.502. The first-order valence-corrected chi connectivity index (χ1v) is 6.83. The smallest absolute Gasteiger partial charge is 0.335 e. The van der Waals surface area contributed by atoms with Crippen LogP contribution in [0.2, 0.25) is 0 Å². The fourth-order valence-corrected chi connectivity index (χ4v) is 2.71. The summed E-state index contributed by atoms with van der Waals surface area (Å²) >= 11 is 0. The van der Waals surface area contributed by atoms with Gasteiger partial charge in [0.15, 0.2) is 6.23 Å². The van der Waals surface area contributed by atoms with Gasteiger partial charge in [-0.1, -0.05) is 17.7 Å². The number of aromatic carboxylic acids is 1. The molecule has 1 N–H and O–H groups in total. The molecule has 0 fully saturated rings. The second-order valence-corrected chi connectivity index (χ2v) is 5.21. The molecule has 22 heavy (non-hydrogen) atoms. The van der Waals surface area contributed by atoms with Gasteiger partial charge >= 0.3 is 5.97 Å². The molecule has 1 unspecified atom stereocenters. The van der Waals surface area contributed by atoms with Gasteiger partial charge in [0.05, 0.1) is 5.56 Å². The van der Waals surface area contributed by atoms with E-state index in [-0.39, 0.29) is 11.5 Å². The SMILES string of the molecule is COC1c2cc(C)ccc2C(=O)N1c1ccc(C(=O)O)cc1. The number of fused-ring (bicyclic) bond motifs is 1. The highest BCUT2D eigenvalue weighted by atomic mass is 16.5. The van der Waals surface area contributed by atoms with E-state index in [0.29, 0.717) is 11.3 Å². The number of ether oxygens (including phenoxy) is 1. The fourth-order valence-electron chi connectivity index (χ4n) is 2.71. The average Bonchev–Trinajstić information content (AvgIpc) is 2.79. The summed E-state index contributed by atoms with van der Waals surface area (Å²) in [5.41, 5.74) is 3.28. The first-order valence-electron chi connectivity index (χ1n) is 6.83. The van der Waals surface area contributed by atoms with Crippen LogP contribution in [-0.2, 0) is 4.74 Å². The van der Waals surface area contributed by atoms with Crippen molar-refractivity contribution < 1.29 is 19.4 Å². The Labute approximate surface area is 127 Å². The van der Waals surface area contributed by atoms with Crippen LogP contribution in [0.15, 0.2) is 42.5 Å². The predicted octanol–water partition coefficient (Wildman–Crippen LogP) is 3.00. The zero-order valence-corrected chi connectivity index (χ0v) is 12.2. The van der Waals surface area contributed by atoms with E-state index >= 15 is 0 Å². The third-order valence-corrected chi connectivity index (χ3v) is 3.77. The third kappa shape index (κ3) is 2.16. The first-order chi connectivity index (χ1) is 10.5. The van der Waals surface area contributed by atoms with E-state index in [1.54, 1.807) is 25.3 Å². The van der Waals surface area contributed by atoms with Crippen LogP contribution in [-0.4, -0.2) is 24.1 Å². The lowest BCUT2D eigenvalue weighted by Gasteiger charge is -2.24. The quantitative estimate of drug-likeness (QED) is 0.945. The lowest BCUT2D eigenvalue weighted by atomic mass is 10.1. The summed E-state index contributed by atoms with van der Waals surface area (Å²) in [4.78, 5) is 25.1. The number of carboxylic acid groups (broad SMARTS) is 1. The number of carbonyl (C=O) groups is 2. The predicted molar refractivity (Wildman–Crippen MR) is 81.1 cm³/mol. The number of carboxylic acids is 1. The molecule has 1 aliphatic rings. The second kappa shape index (κ2) is 5.27. The number of aryl methyl sites for hydroxylation is 1. The van der Waals surface area contributed by atoms with Crippen LogP contribution < -0.4 is 4.90 Å². The molecule has 3 rings (SSSR count). The molecule has 0 radical (unpaired) electrons. The lowest BCUT2D eigenvalue weighted by Crippen LogP contribution is -2.28. The van der Waals surface area contributed by atoms with Crippen LogP contribution in [0.3, 0.4) is 0 Å². The Kier molecular flexibility index (Phi) is 3.42. The number of amides is 1. The minimum Gasteiger partial charge on any atom is -0.478 e. The van der Waals surface area contributed by atoms with Gasteiger partial charge in [-0.2, -0.15) is 0 Å². The standard InChI is InChI=1S/C17H15NO4/c1-10-3-8-13-14(9-10)16(22-2)18(15(13)19)12-6-4-11(5-7-12)17(20)21/h3-9,16H,1-2H3,(H,20,21). The molecule has 5 heteroatoms. The Hall–Kier alpha value is -2.66. The van der Waals surface area contributed by atoms with Crippen LogP contribution in [0.1, 0.15) is 38.1 Å². The zero-order chi connectivity index (χ0) is 15.9. The molecule has 1 amide bonds. The monoisotopic (exact) mass is 297 g/mol. The third-order valence-electron chi connectivity index (χ3n) is 3.77. The van der Waals surface area contributed by atoms with Gasteiger partial charge in [-0.3, -0.25) is 9.69 Å². The van der Waals surface area contributed by atoms with E-state index in [9.17, 15) is 9.59 Å². The van der Waals surface area contributed by atoms with Crippen LogP contribution in [0.5, 0.6) is 0 Å². The van der Waals surface area contributed by atoms with Gasteiger partial charge in [-0.15, -0.1) is 0 Å². The van der Waals surface area contributed by atoms with Crippen LogP contribution in [0.4, 0.5) is 5.69 Å². The van der Waals surface area contributed by atoms with Gasteiger partial charge in [-0.25, -0.2) is 4.79 Å². The number of anilines is 1. The number of benzene rings is 2. The van der Waals surface area contributed by atoms with E-state index in [1.807, 2.05) is 19.1 Å². The minimum absolute atomic E-state index is 0.148. The summed E-state index contributed by atoms with van der Waals surface area (Å²) in [5.74, 6) is -1.15. The molecule has 1 heterocycles. The van der Waals surface area contributed by atoms with E-state index in [0.717, 1.165) is 11.1 Å². The molecule has 0 bridgehead atoms. The van der Waals surface area contributed by atoms with Crippen molar-refractivity contribution >= 4 is 17.6 Å². The van der Waals surface area contributed by atoms with Crippen molar-refractivity contribution in [2.75, 3.05) is 12.0 Å². The minimum atomic E-state index is -0.999. The fraction of sp³-hybridized carbons (Fsp3) is 0.176. The molecular weight excluding hydrogens is 282 g/mol. The molecule has 2 aromatic carbocycles. The Bertz CT molecular complexity index is 752. The van der Waals surface area contributed by atoms with Gasteiger partial charge in [0.25, 0.3) is 5.91 Å². The van der Waals surface area contributed by atoms with Gasteiger partial charge in [0.2, 0.25) is 0 Å². The molecule has 112 valence electrons. The molecule has 0 aliphatic carbocycles. The lowest BCUT2D eigenvalue weighted by molar-refractivity contribution is 0.0696. The maximum Gasteiger partial charge on any atom is 0.335 e. The maximum absolute atomic E-state index is 12.6. The molecular formula is C17H15NO4. The summed E-state index contributed by atoms with van der Waals surface area (Å²) in [6, 6.07) is 11.8. The van der Waals surface area contributed by atoms with Gasteiger partial charge in [-0.05, 0) is 37.3 Å². The Morgan fingerprint density at radius 1 is 1.18 bits per heavy atom. The maximum atomic E-state index is 12.6. The molecule has 2 aromatic rings. The van der Waals surface area contributed by atoms with Crippen molar-refractivity contribution in [2.24, 2.45) is 0 Å². The highest BCUT2D eigenvalue weighted by molar-refractivity contribution is 6.11. The Morgan fingerprint density at radius 3 is 2.45 bits per heavy atom. The second-order valence-electron chi connectivity index (χ2n) is 5.21.